The van der Waals surface area contributed by atoms with Crippen molar-refractivity contribution in [3.8, 4) is 0 Å². The van der Waals surface area contributed by atoms with Crippen LogP contribution >= 0.6 is 0 Å². The van der Waals surface area contributed by atoms with E-state index in [0.717, 1.165) is 11.8 Å². The molecule has 0 bridgehead atoms. The van der Waals surface area contributed by atoms with Crippen LogP contribution in [0.25, 0.3) is 5.57 Å². The predicted molar refractivity (Wildman–Crippen MR) is 64.5 cm³/mol. The minimum Gasteiger partial charge on any atom is -0.0801 e. The topological polar surface area (TPSA) is 0 Å². The lowest BCUT2D eigenvalue weighted by Gasteiger charge is -2.27. The number of hydrogen-bond acceptors (Lipinski definition) is 0. The van der Waals surface area contributed by atoms with E-state index in [-0.39, 0.29) is 0 Å². The third kappa shape index (κ3) is 1.62. The van der Waals surface area contributed by atoms with Gasteiger partial charge in [-0.1, -0.05) is 49.2 Å². The highest BCUT2D eigenvalue weighted by Crippen LogP contribution is 2.46. The van der Waals surface area contributed by atoms with Crippen LogP contribution in [0.4, 0.5) is 0 Å². The first-order chi connectivity index (χ1) is 7.45. The molecule has 1 aromatic carbocycles. The highest BCUT2D eigenvalue weighted by Gasteiger charge is 2.31. The molecule has 78 valence electrons. The van der Waals surface area contributed by atoms with Crippen molar-refractivity contribution in [2.24, 2.45) is 11.8 Å². The van der Waals surface area contributed by atoms with Crippen LogP contribution in [0.1, 0.15) is 37.7 Å². The minimum absolute atomic E-state index is 0.876. The molecule has 2 aliphatic rings. The summed E-state index contributed by atoms with van der Waals surface area (Å²) < 4.78 is 0. The van der Waals surface area contributed by atoms with E-state index < -0.39 is 0 Å². The van der Waals surface area contributed by atoms with Crippen LogP contribution in [-0.4, -0.2) is 0 Å². The maximum Gasteiger partial charge on any atom is -0.0128 e. The van der Waals surface area contributed by atoms with Crippen molar-refractivity contribution < 1.29 is 0 Å². The zero-order valence-electron chi connectivity index (χ0n) is 9.15. The molecule has 0 amide bonds. The van der Waals surface area contributed by atoms with E-state index >= 15 is 0 Å². The van der Waals surface area contributed by atoms with Crippen LogP contribution in [0, 0.1) is 11.8 Å². The Hall–Kier alpha value is -1.04. The number of rotatable bonds is 1. The smallest absolute Gasteiger partial charge is 0.0128 e. The molecule has 1 saturated carbocycles. The Bertz CT molecular complexity index is 361. The minimum atomic E-state index is 0.876. The molecule has 2 atom stereocenters. The van der Waals surface area contributed by atoms with Crippen LogP contribution < -0.4 is 0 Å². The molecular formula is C15H18. The van der Waals surface area contributed by atoms with Crippen LogP contribution in [0.15, 0.2) is 36.4 Å². The van der Waals surface area contributed by atoms with Gasteiger partial charge in [0.25, 0.3) is 0 Å². The maximum absolute atomic E-state index is 2.50. The van der Waals surface area contributed by atoms with Gasteiger partial charge < -0.3 is 0 Å². The summed E-state index contributed by atoms with van der Waals surface area (Å²) >= 11 is 0. The second-order valence-electron chi connectivity index (χ2n) is 4.91. The van der Waals surface area contributed by atoms with E-state index in [2.05, 4.69) is 36.4 Å². The fourth-order valence-electron chi connectivity index (χ4n) is 3.29. The summed E-state index contributed by atoms with van der Waals surface area (Å²) in [7, 11) is 0. The van der Waals surface area contributed by atoms with Gasteiger partial charge in [0.1, 0.15) is 0 Å². The van der Waals surface area contributed by atoms with Gasteiger partial charge in [0.15, 0.2) is 0 Å². The zero-order chi connectivity index (χ0) is 10.1. The number of hydrogen-bond donors (Lipinski definition) is 0. The lowest BCUT2D eigenvalue weighted by atomic mass is 9.77. The molecule has 0 spiro atoms. The summed E-state index contributed by atoms with van der Waals surface area (Å²) in [5, 5.41) is 0. The second-order valence-corrected chi connectivity index (χ2v) is 4.91. The first-order valence-electron chi connectivity index (χ1n) is 6.20. The molecule has 0 aromatic heterocycles. The molecular weight excluding hydrogens is 180 g/mol. The molecule has 0 heterocycles. The van der Waals surface area contributed by atoms with Crippen molar-refractivity contribution in [1.29, 1.82) is 0 Å². The van der Waals surface area contributed by atoms with Crippen molar-refractivity contribution in [2.45, 2.75) is 32.1 Å². The van der Waals surface area contributed by atoms with E-state index in [1.165, 1.54) is 37.7 Å². The summed E-state index contributed by atoms with van der Waals surface area (Å²) in [6, 6.07) is 11.0. The molecule has 0 N–H and O–H groups in total. The molecule has 1 fully saturated rings. The van der Waals surface area contributed by atoms with Crippen LogP contribution in [0.2, 0.25) is 0 Å². The summed E-state index contributed by atoms with van der Waals surface area (Å²) in [6.07, 6.45) is 9.59. The molecule has 0 heteroatoms. The third-order valence-electron chi connectivity index (χ3n) is 4.06. The van der Waals surface area contributed by atoms with Gasteiger partial charge in [0.05, 0.1) is 0 Å². The van der Waals surface area contributed by atoms with E-state index in [4.69, 9.17) is 0 Å². The molecule has 3 rings (SSSR count). The van der Waals surface area contributed by atoms with Gasteiger partial charge in [-0.05, 0) is 42.2 Å². The third-order valence-corrected chi connectivity index (χ3v) is 4.06. The monoisotopic (exact) mass is 198 g/mol. The average Bonchev–Trinajstić information content (AvgIpc) is 2.74. The highest BCUT2D eigenvalue weighted by atomic mass is 14.4. The van der Waals surface area contributed by atoms with E-state index in [9.17, 15) is 0 Å². The largest absolute Gasteiger partial charge is 0.0801 e. The summed E-state index contributed by atoms with van der Waals surface area (Å²) in [5.74, 6) is 1.84. The van der Waals surface area contributed by atoms with Crippen molar-refractivity contribution in [3.63, 3.8) is 0 Å². The maximum atomic E-state index is 2.50. The van der Waals surface area contributed by atoms with Crippen LogP contribution in [0.3, 0.4) is 0 Å². The van der Waals surface area contributed by atoms with E-state index in [0.29, 0.717) is 0 Å². The number of benzene rings is 1. The number of fused-ring (bicyclic) bond motifs is 1. The van der Waals surface area contributed by atoms with Crippen molar-refractivity contribution in [3.05, 3.63) is 42.0 Å². The Labute approximate surface area is 92.0 Å². The van der Waals surface area contributed by atoms with Gasteiger partial charge in [0, 0.05) is 0 Å². The molecule has 0 nitrogen and oxygen atoms in total. The highest BCUT2D eigenvalue weighted by molar-refractivity contribution is 5.69. The summed E-state index contributed by atoms with van der Waals surface area (Å²) in [4.78, 5) is 0. The summed E-state index contributed by atoms with van der Waals surface area (Å²) in [5.41, 5.74) is 3.10. The lowest BCUT2D eigenvalue weighted by Crippen LogP contribution is -2.15. The fraction of sp³-hybridized carbons (Fsp3) is 0.467. The quantitative estimate of drug-likeness (QED) is 0.632. The van der Waals surface area contributed by atoms with Crippen LogP contribution in [0.5, 0.6) is 0 Å². The van der Waals surface area contributed by atoms with E-state index in [1.807, 2.05) is 0 Å². The van der Waals surface area contributed by atoms with Gasteiger partial charge in [0.2, 0.25) is 0 Å². The molecule has 2 aliphatic carbocycles. The SMILES string of the molecule is C1=C(c2ccccc2)[C@@H]2CCCC[C@@H]2C1. The number of allylic oxidation sites excluding steroid dienone is 2. The predicted octanol–water partition coefficient (Wildman–Crippen LogP) is 4.28. The van der Waals surface area contributed by atoms with Gasteiger partial charge in [-0.25, -0.2) is 0 Å². The van der Waals surface area contributed by atoms with Gasteiger partial charge in [-0.15, -0.1) is 0 Å². The molecule has 0 unspecified atom stereocenters. The molecule has 15 heavy (non-hydrogen) atoms. The molecule has 1 aromatic rings. The van der Waals surface area contributed by atoms with Crippen LogP contribution in [-0.2, 0) is 0 Å². The zero-order valence-corrected chi connectivity index (χ0v) is 9.15. The molecule has 0 radical (unpaired) electrons. The first-order valence-corrected chi connectivity index (χ1v) is 6.20. The lowest BCUT2D eigenvalue weighted by molar-refractivity contribution is 0.311. The fourth-order valence-corrected chi connectivity index (χ4v) is 3.29. The normalized spacial score (nSPS) is 29.7. The molecule has 0 aliphatic heterocycles. The Morgan fingerprint density at radius 3 is 2.60 bits per heavy atom. The van der Waals surface area contributed by atoms with Gasteiger partial charge >= 0.3 is 0 Å². The van der Waals surface area contributed by atoms with Gasteiger partial charge in [-0.3, -0.25) is 0 Å². The Morgan fingerprint density at radius 2 is 1.73 bits per heavy atom. The summed E-state index contributed by atoms with van der Waals surface area (Å²) in [6.45, 7) is 0. The van der Waals surface area contributed by atoms with Crippen molar-refractivity contribution >= 4 is 5.57 Å². The Kier molecular flexibility index (Phi) is 2.36. The second kappa shape index (κ2) is 3.84. The standard InChI is InChI=1S/C15H18/c1-2-6-12(7-3-1)15-11-10-13-8-4-5-9-14(13)15/h1-3,6-7,11,13-14H,4-5,8-10H2/t13-,14-/m1/s1. The first kappa shape index (κ1) is 9.21. The average molecular weight is 198 g/mol. The van der Waals surface area contributed by atoms with Gasteiger partial charge in [-0.2, -0.15) is 0 Å². The Morgan fingerprint density at radius 1 is 0.933 bits per heavy atom. The molecule has 0 saturated heterocycles. The Balaban J connectivity index is 1.88. The van der Waals surface area contributed by atoms with Crippen molar-refractivity contribution in [1.82, 2.24) is 0 Å². The van der Waals surface area contributed by atoms with Crippen molar-refractivity contribution in [2.75, 3.05) is 0 Å². The van der Waals surface area contributed by atoms with E-state index in [1.54, 1.807) is 5.57 Å².